The number of methoxy groups -OCH3 is 2. The Labute approximate surface area is 235 Å². The van der Waals surface area contributed by atoms with Crippen molar-refractivity contribution in [2.75, 3.05) is 24.9 Å². The smallest absolute Gasteiger partial charge is 0.118 e. The average Bonchev–Trinajstić information content (AvgIpc) is 3.02. The van der Waals surface area contributed by atoms with Crippen LogP contribution in [0.5, 0.6) is 11.5 Å². The SMILES string of the molecule is COc1ccc(CNc2ccc3cccc(-c4c(NCc5ccc(OC)cc5)ccc5ccccc45)c3c2)cc1. The van der Waals surface area contributed by atoms with E-state index >= 15 is 0 Å². The van der Waals surface area contributed by atoms with Gasteiger partial charge in [-0.15, -0.1) is 0 Å². The van der Waals surface area contributed by atoms with Gasteiger partial charge in [-0.2, -0.15) is 0 Å². The highest BCUT2D eigenvalue weighted by molar-refractivity contribution is 6.10. The van der Waals surface area contributed by atoms with Crippen LogP contribution in [0.25, 0.3) is 32.7 Å². The van der Waals surface area contributed by atoms with Crippen LogP contribution in [0.1, 0.15) is 11.1 Å². The van der Waals surface area contributed by atoms with Gasteiger partial charge in [0.1, 0.15) is 11.5 Å². The first-order chi connectivity index (χ1) is 19.7. The van der Waals surface area contributed by atoms with Crippen molar-refractivity contribution < 1.29 is 9.47 Å². The van der Waals surface area contributed by atoms with Gasteiger partial charge in [-0.1, -0.05) is 78.9 Å². The van der Waals surface area contributed by atoms with E-state index in [9.17, 15) is 0 Å². The van der Waals surface area contributed by atoms with Gasteiger partial charge in [0.2, 0.25) is 0 Å². The Morgan fingerprint density at radius 1 is 0.525 bits per heavy atom. The van der Waals surface area contributed by atoms with Crippen LogP contribution in [-0.2, 0) is 13.1 Å². The lowest BCUT2D eigenvalue weighted by Crippen LogP contribution is -2.02. The Kier molecular flexibility index (Phi) is 7.23. The highest BCUT2D eigenvalue weighted by Gasteiger charge is 2.14. The van der Waals surface area contributed by atoms with Gasteiger partial charge < -0.3 is 20.1 Å². The van der Waals surface area contributed by atoms with E-state index < -0.39 is 0 Å². The summed E-state index contributed by atoms with van der Waals surface area (Å²) in [5.41, 5.74) is 7.02. The maximum atomic E-state index is 5.33. The molecule has 0 spiro atoms. The van der Waals surface area contributed by atoms with E-state index in [0.29, 0.717) is 0 Å². The van der Waals surface area contributed by atoms with Crippen LogP contribution in [0.2, 0.25) is 0 Å². The predicted octanol–water partition coefficient (Wildman–Crippen LogP) is 8.90. The molecular weight excluding hydrogens is 492 g/mol. The number of ether oxygens (including phenoxy) is 2. The second-order valence-electron chi connectivity index (χ2n) is 9.85. The molecule has 6 rings (SSSR count). The molecule has 0 aliphatic heterocycles. The molecule has 0 heterocycles. The van der Waals surface area contributed by atoms with Crippen molar-refractivity contribution in [2.45, 2.75) is 13.1 Å². The van der Waals surface area contributed by atoms with Crippen molar-refractivity contribution in [2.24, 2.45) is 0 Å². The molecule has 0 radical (unpaired) electrons. The molecule has 6 aromatic rings. The molecular formula is C36H32N2O2. The Hall–Kier alpha value is -4.96. The van der Waals surface area contributed by atoms with Crippen LogP contribution in [0.15, 0.2) is 121 Å². The van der Waals surface area contributed by atoms with Gasteiger partial charge >= 0.3 is 0 Å². The van der Waals surface area contributed by atoms with Crippen molar-refractivity contribution >= 4 is 32.9 Å². The third kappa shape index (κ3) is 5.29. The summed E-state index contributed by atoms with van der Waals surface area (Å²) in [5.74, 6) is 1.73. The summed E-state index contributed by atoms with van der Waals surface area (Å²) >= 11 is 0. The number of nitrogens with one attached hydrogen (secondary N) is 2. The number of fused-ring (bicyclic) bond motifs is 2. The van der Waals surface area contributed by atoms with E-state index in [1.165, 1.54) is 43.8 Å². The number of hydrogen-bond donors (Lipinski definition) is 2. The van der Waals surface area contributed by atoms with Gasteiger partial charge in [0.15, 0.2) is 0 Å². The van der Waals surface area contributed by atoms with E-state index in [1.54, 1.807) is 14.2 Å². The van der Waals surface area contributed by atoms with E-state index in [4.69, 9.17) is 9.47 Å². The van der Waals surface area contributed by atoms with Crippen molar-refractivity contribution in [3.8, 4) is 22.6 Å². The summed E-state index contributed by atoms with van der Waals surface area (Å²) in [6.07, 6.45) is 0. The maximum Gasteiger partial charge on any atom is 0.118 e. The fraction of sp³-hybridized carbons (Fsp3) is 0.111. The molecule has 2 N–H and O–H groups in total. The lowest BCUT2D eigenvalue weighted by Gasteiger charge is -2.18. The Bertz CT molecular complexity index is 1760. The fourth-order valence-electron chi connectivity index (χ4n) is 5.20. The molecule has 0 bridgehead atoms. The molecule has 0 aromatic heterocycles. The van der Waals surface area contributed by atoms with Gasteiger partial charge in [0.25, 0.3) is 0 Å². The zero-order valence-corrected chi connectivity index (χ0v) is 22.8. The van der Waals surface area contributed by atoms with Crippen molar-refractivity contribution in [3.63, 3.8) is 0 Å². The molecule has 198 valence electrons. The van der Waals surface area contributed by atoms with Crippen LogP contribution in [-0.4, -0.2) is 14.2 Å². The molecule has 0 saturated carbocycles. The molecule has 0 unspecified atom stereocenters. The molecule has 0 atom stereocenters. The normalized spacial score (nSPS) is 10.9. The summed E-state index contributed by atoms with van der Waals surface area (Å²) in [6.45, 7) is 1.45. The van der Waals surface area contributed by atoms with Crippen LogP contribution < -0.4 is 20.1 Å². The monoisotopic (exact) mass is 524 g/mol. The maximum absolute atomic E-state index is 5.33. The number of rotatable bonds is 9. The second kappa shape index (κ2) is 11.4. The summed E-state index contributed by atoms with van der Waals surface area (Å²) in [5, 5.41) is 12.2. The standard InChI is InChI=1S/C36H32N2O2/c1-39-30-17-10-25(11-18-30)23-37-29-16-14-28-7-5-9-33(34(28)22-29)36-32-8-4-3-6-27(32)15-21-35(36)38-24-26-12-19-31(40-2)20-13-26/h3-22,37-38H,23-24H2,1-2H3. The van der Waals surface area contributed by atoms with E-state index in [2.05, 4.69) is 108 Å². The number of benzene rings is 6. The molecule has 4 heteroatoms. The molecule has 0 amide bonds. The quantitative estimate of drug-likeness (QED) is 0.198. The lowest BCUT2D eigenvalue weighted by atomic mass is 9.92. The molecule has 0 fully saturated rings. The Balaban J connectivity index is 1.37. The summed E-state index contributed by atoms with van der Waals surface area (Å²) in [4.78, 5) is 0. The van der Waals surface area contributed by atoms with E-state index in [-0.39, 0.29) is 0 Å². The fourth-order valence-corrected chi connectivity index (χ4v) is 5.20. The first kappa shape index (κ1) is 25.3. The third-order valence-corrected chi connectivity index (χ3v) is 7.38. The first-order valence-corrected chi connectivity index (χ1v) is 13.5. The number of anilines is 2. The van der Waals surface area contributed by atoms with Crippen LogP contribution in [0.4, 0.5) is 11.4 Å². The average molecular weight is 525 g/mol. The first-order valence-electron chi connectivity index (χ1n) is 13.5. The van der Waals surface area contributed by atoms with Crippen LogP contribution >= 0.6 is 0 Å². The summed E-state index contributed by atoms with van der Waals surface area (Å²) in [7, 11) is 3.38. The highest BCUT2D eigenvalue weighted by atomic mass is 16.5. The zero-order chi connectivity index (χ0) is 27.3. The lowest BCUT2D eigenvalue weighted by molar-refractivity contribution is 0.414. The van der Waals surface area contributed by atoms with Crippen LogP contribution in [0.3, 0.4) is 0 Å². The van der Waals surface area contributed by atoms with E-state index in [1.807, 2.05) is 24.3 Å². The van der Waals surface area contributed by atoms with Crippen molar-refractivity contribution in [1.29, 1.82) is 0 Å². The van der Waals surface area contributed by atoms with Gasteiger partial charge in [0.05, 0.1) is 14.2 Å². The summed E-state index contributed by atoms with van der Waals surface area (Å²) < 4.78 is 10.6. The molecule has 6 aromatic carbocycles. The summed E-state index contributed by atoms with van der Waals surface area (Å²) in [6, 6.07) is 42.6. The van der Waals surface area contributed by atoms with Gasteiger partial charge in [0, 0.05) is 30.0 Å². The molecule has 4 nitrogen and oxygen atoms in total. The van der Waals surface area contributed by atoms with Gasteiger partial charge in [-0.3, -0.25) is 0 Å². The topological polar surface area (TPSA) is 42.5 Å². The Morgan fingerprint density at radius 3 is 1.82 bits per heavy atom. The minimum absolute atomic E-state index is 0.717. The zero-order valence-electron chi connectivity index (χ0n) is 22.8. The Morgan fingerprint density at radius 2 is 1.12 bits per heavy atom. The molecule has 40 heavy (non-hydrogen) atoms. The number of hydrogen-bond acceptors (Lipinski definition) is 4. The third-order valence-electron chi connectivity index (χ3n) is 7.38. The van der Waals surface area contributed by atoms with Gasteiger partial charge in [-0.05, 0) is 80.7 Å². The molecule has 0 aliphatic carbocycles. The minimum Gasteiger partial charge on any atom is -0.497 e. The van der Waals surface area contributed by atoms with Crippen LogP contribution in [0, 0.1) is 0 Å². The highest BCUT2D eigenvalue weighted by Crippen LogP contribution is 2.40. The van der Waals surface area contributed by atoms with Crippen molar-refractivity contribution in [3.05, 3.63) is 132 Å². The second-order valence-corrected chi connectivity index (χ2v) is 9.85. The minimum atomic E-state index is 0.717. The molecule has 0 aliphatic rings. The largest absolute Gasteiger partial charge is 0.497 e. The van der Waals surface area contributed by atoms with Crippen molar-refractivity contribution in [1.82, 2.24) is 0 Å². The van der Waals surface area contributed by atoms with E-state index in [0.717, 1.165) is 36.0 Å². The predicted molar refractivity (Wildman–Crippen MR) is 168 cm³/mol. The van der Waals surface area contributed by atoms with Gasteiger partial charge in [-0.25, -0.2) is 0 Å². The molecule has 0 saturated heterocycles.